The average Bonchev–Trinajstić information content (AvgIpc) is 2.88. The summed E-state index contributed by atoms with van der Waals surface area (Å²) >= 11 is 0. The Hall–Kier alpha value is -0.0400. The second-order valence-corrected chi connectivity index (χ2v) is 5.74. The maximum absolute atomic E-state index is 3.60. The van der Waals surface area contributed by atoms with Crippen molar-refractivity contribution in [2.75, 3.05) is 6.54 Å². The van der Waals surface area contributed by atoms with Crippen molar-refractivity contribution in [1.82, 2.24) is 5.32 Å². The number of nitrogens with one attached hydrogen (secondary N) is 1. The van der Waals surface area contributed by atoms with Gasteiger partial charge in [0.25, 0.3) is 0 Å². The van der Waals surface area contributed by atoms with Crippen molar-refractivity contribution >= 4 is 0 Å². The molecule has 1 atom stereocenters. The lowest BCUT2D eigenvalue weighted by Gasteiger charge is -2.15. The lowest BCUT2D eigenvalue weighted by molar-refractivity contribution is 0.379. The Morgan fingerprint density at radius 1 is 1.14 bits per heavy atom. The van der Waals surface area contributed by atoms with Gasteiger partial charge in [0.1, 0.15) is 0 Å². The van der Waals surface area contributed by atoms with Crippen LogP contribution in [0.4, 0.5) is 0 Å². The summed E-state index contributed by atoms with van der Waals surface area (Å²) in [5, 5.41) is 3.60. The van der Waals surface area contributed by atoms with Gasteiger partial charge in [0.15, 0.2) is 0 Å². The van der Waals surface area contributed by atoms with Gasteiger partial charge in [0.2, 0.25) is 0 Å². The van der Waals surface area contributed by atoms with Crippen molar-refractivity contribution < 1.29 is 0 Å². The van der Waals surface area contributed by atoms with Crippen LogP contribution in [0.25, 0.3) is 0 Å². The summed E-state index contributed by atoms with van der Waals surface area (Å²) in [5.41, 5.74) is 0.804. The van der Waals surface area contributed by atoms with Gasteiger partial charge in [-0.3, -0.25) is 0 Å². The Balaban J connectivity index is 1.76. The summed E-state index contributed by atoms with van der Waals surface area (Å²) in [6, 6.07) is 0.665. The van der Waals surface area contributed by atoms with E-state index in [1.165, 1.54) is 51.5 Å². The van der Waals surface area contributed by atoms with E-state index in [1.807, 2.05) is 0 Å². The molecule has 1 heteroatoms. The fourth-order valence-corrected chi connectivity index (χ4v) is 3.14. The van der Waals surface area contributed by atoms with Crippen LogP contribution >= 0.6 is 0 Å². The van der Waals surface area contributed by atoms with E-state index in [1.54, 1.807) is 0 Å². The number of hydrogen-bond donors (Lipinski definition) is 1. The van der Waals surface area contributed by atoms with Crippen molar-refractivity contribution in [2.24, 2.45) is 11.3 Å². The Morgan fingerprint density at radius 2 is 1.79 bits per heavy atom. The van der Waals surface area contributed by atoms with Gasteiger partial charge >= 0.3 is 0 Å². The van der Waals surface area contributed by atoms with Crippen LogP contribution in [0.5, 0.6) is 0 Å². The van der Waals surface area contributed by atoms with E-state index in [4.69, 9.17) is 0 Å². The van der Waals surface area contributed by atoms with E-state index in [0.29, 0.717) is 6.04 Å². The first-order valence-electron chi connectivity index (χ1n) is 6.46. The zero-order valence-corrected chi connectivity index (χ0v) is 9.81. The molecule has 2 aliphatic carbocycles. The molecule has 82 valence electrons. The molecule has 0 bridgehead atoms. The largest absolute Gasteiger partial charge is 0.314 e. The zero-order chi connectivity index (χ0) is 10.0. The van der Waals surface area contributed by atoms with Gasteiger partial charge in [0.05, 0.1) is 0 Å². The third kappa shape index (κ3) is 2.31. The molecule has 1 spiro atoms. The van der Waals surface area contributed by atoms with E-state index < -0.39 is 0 Å². The van der Waals surface area contributed by atoms with Crippen LogP contribution in [0.3, 0.4) is 0 Å². The third-order valence-electron chi connectivity index (χ3n) is 4.23. The molecule has 1 nitrogen and oxygen atoms in total. The molecule has 2 saturated carbocycles. The molecule has 14 heavy (non-hydrogen) atoms. The third-order valence-corrected chi connectivity index (χ3v) is 4.23. The first-order valence-corrected chi connectivity index (χ1v) is 6.46. The molecule has 1 unspecified atom stereocenters. The van der Waals surface area contributed by atoms with Crippen LogP contribution in [-0.2, 0) is 0 Å². The van der Waals surface area contributed by atoms with Gasteiger partial charge < -0.3 is 5.32 Å². The molecule has 2 rings (SSSR count). The minimum Gasteiger partial charge on any atom is -0.314 e. The number of rotatable bonds is 3. The number of hydrogen-bond acceptors (Lipinski definition) is 1. The van der Waals surface area contributed by atoms with Crippen molar-refractivity contribution in [3.8, 4) is 0 Å². The standard InChI is InChI=1S/C13H25N/c1-11(2)14-10-12-9-13(12)7-5-3-4-6-8-13/h11-12,14H,3-10H2,1-2H3. The Labute approximate surface area is 88.7 Å². The van der Waals surface area contributed by atoms with Gasteiger partial charge in [0, 0.05) is 6.04 Å². The molecule has 0 radical (unpaired) electrons. The summed E-state index contributed by atoms with van der Waals surface area (Å²) in [4.78, 5) is 0. The highest BCUT2D eigenvalue weighted by Gasteiger charge is 2.52. The molecule has 0 heterocycles. The minimum absolute atomic E-state index is 0.665. The van der Waals surface area contributed by atoms with Crippen LogP contribution in [0, 0.1) is 11.3 Å². The SMILES string of the molecule is CC(C)NCC1CC12CCCCCC2. The molecular weight excluding hydrogens is 170 g/mol. The molecule has 1 N–H and O–H groups in total. The fraction of sp³-hybridized carbons (Fsp3) is 1.00. The van der Waals surface area contributed by atoms with Gasteiger partial charge in [-0.15, -0.1) is 0 Å². The first-order chi connectivity index (χ1) is 6.73. The highest BCUT2D eigenvalue weighted by molar-refractivity contribution is 5.03. The van der Waals surface area contributed by atoms with E-state index >= 15 is 0 Å². The first kappa shape index (κ1) is 10.5. The second kappa shape index (κ2) is 4.22. The smallest absolute Gasteiger partial charge is 0.00104 e. The van der Waals surface area contributed by atoms with Crippen LogP contribution in [0.2, 0.25) is 0 Å². The summed E-state index contributed by atoms with van der Waals surface area (Å²) in [6.07, 6.45) is 10.6. The van der Waals surface area contributed by atoms with Crippen molar-refractivity contribution in [3.63, 3.8) is 0 Å². The van der Waals surface area contributed by atoms with Crippen LogP contribution in [0.15, 0.2) is 0 Å². The molecule has 0 saturated heterocycles. The van der Waals surface area contributed by atoms with E-state index in [9.17, 15) is 0 Å². The Morgan fingerprint density at radius 3 is 2.36 bits per heavy atom. The van der Waals surface area contributed by atoms with Crippen LogP contribution < -0.4 is 5.32 Å². The maximum Gasteiger partial charge on any atom is 0.00104 e. The Kier molecular flexibility index (Phi) is 3.16. The van der Waals surface area contributed by atoms with Crippen molar-refractivity contribution in [2.45, 2.75) is 64.8 Å². The average molecular weight is 195 g/mol. The monoisotopic (exact) mass is 195 g/mol. The predicted molar refractivity (Wildman–Crippen MR) is 61.4 cm³/mol. The zero-order valence-electron chi connectivity index (χ0n) is 9.81. The molecule has 2 aliphatic rings. The molecule has 0 aromatic carbocycles. The van der Waals surface area contributed by atoms with Crippen molar-refractivity contribution in [1.29, 1.82) is 0 Å². The lowest BCUT2D eigenvalue weighted by Crippen LogP contribution is -2.26. The van der Waals surface area contributed by atoms with E-state index in [-0.39, 0.29) is 0 Å². The highest BCUT2D eigenvalue weighted by atomic mass is 14.9. The van der Waals surface area contributed by atoms with Gasteiger partial charge in [-0.05, 0) is 37.1 Å². The molecule has 0 aliphatic heterocycles. The molecule has 0 amide bonds. The van der Waals surface area contributed by atoms with Crippen molar-refractivity contribution in [3.05, 3.63) is 0 Å². The lowest BCUT2D eigenvalue weighted by atomic mass is 9.94. The summed E-state index contributed by atoms with van der Waals surface area (Å²) in [7, 11) is 0. The van der Waals surface area contributed by atoms with Gasteiger partial charge in [-0.2, -0.15) is 0 Å². The molecule has 0 aromatic rings. The van der Waals surface area contributed by atoms with Crippen LogP contribution in [-0.4, -0.2) is 12.6 Å². The summed E-state index contributed by atoms with van der Waals surface area (Å²) in [5.74, 6) is 1.02. The van der Waals surface area contributed by atoms with E-state index in [2.05, 4.69) is 19.2 Å². The fourth-order valence-electron chi connectivity index (χ4n) is 3.14. The Bertz CT molecular complexity index is 178. The molecule has 0 aromatic heterocycles. The van der Waals surface area contributed by atoms with E-state index in [0.717, 1.165) is 11.3 Å². The molecule has 2 fully saturated rings. The summed E-state index contributed by atoms with van der Waals surface area (Å²) in [6.45, 7) is 5.78. The summed E-state index contributed by atoms with van der Waals surface area (Å²) < 4.78 is 0. The van der Waals surface area contributed by atoms with Gasteiger partial charge in [-0.25, -0.2) is 0 Å². The minimum atomic E-state index is 0.665. The predicted octanol–water partition coefficient (Wildman–Crippen LogP) is 3.34. The quantitative estimate of drug-likeness (QED) is 0.728. The highest BCUT2D eigenvalue weighted by Crippen LogP contribution is 2.60. The van der Waals surface area contributed by atoms with Crippen LogP contribution in [0.1, 0.15) is 58.8 Å². The molecular formula is C13H25N. The maximum atomic E-state index is 3.60. The topological polar surface area (TPSA) is 12.0 Å². The normalized spacial score (nSPS) is 30.6. The van der Waals surface area contributed by atoms with Gasteiger partial charge in [-0.1, -0.05) is 39.5 Å². The second-order valence-electron chi connectivity index (χ2n) is 5.74.